The topological polar surface area (TPSA) is 66.5 Å². The number of nitrogens with zero attached hydrogens (tertiary/aromatic N) is 1. The Balaban J connectivity index is 1.64. The standard InChI is InChI=1S/C26H27ClN2O3S/c1-19-14-16-29(17-15-19)33(31,32)22-12-13-24(27)23(18-22)26(30)28-25(20-8-4-2-5-9-20)21-10-6-3-7-11-21/h2-13,18-19,25H,14-17H2,1H3,(H,28,30). The smallest absolute Gasteiger partial charge is 0.253 e. The zero-order valence-corrected chi connectivity index (χ0v) is 20.0. The number of hydrogen-bond acceptors (Lipinski definition) is 3. The average molecular weight is 483 g/mol. The number of hydrogen-bond donors (Lipinski definition) is 1. The molecular formula is C26H27ClN2O3S. The molecule has 0 aromatic heterocycles. The Kier molecular flexibility index (Phi) is 7.17. The van der Waals surface area contributed by atoms with E-state index in [4.69, 9.17) is 11.6 Å². The minimum absolute atomic E-state index is 0.0857. The lowest BCUT2D eigenvalue weighted by Crippen LogP contribution is -2.38. The first-order chi connectivity index (χ1) is 15.9. The number of carbonyl (C=O) groups excluding carboxylic acids is 1. The fourth-order valence-corrected chi connectivity index (χ4v) is 5.77. The third-order valence-electron chi connectivity index (χ3n) is 6.10. The summed E-state index contributed by atoms with van der Waals surface area (Å²) in [5, 5.41) is 3.25. The molecule has 172 valence electrons. The van der Waals surface area contributed by atoms with Gasteiger partial charge in [0.05, 0.1) is 21.5 Å². The minimum atomic E-state index is -3.70. The first-order valence-corrected chi connectivity index (χ1v) is 12.9. The Labute approximate surface area is 200 Å². The van der Waals surface area contributed by atoms with Crippen molar-refractivity contribution >= 4 is 27.5 Å². The number of rotatable bonds is 6. The summed E-state index contributed by atoms with van der Waals surface area (Å²) in [4.78, 5) is 13.4. The molecule has 1 aliphatic rings. The number of halogens is 1. The summed E-state index contributed by atoms with van der Waals surface area (Å²) in [6, 6.07) is 23.2. The molecule has 33 heavy (non-hydrogen) atoms. The highest BCUT2D eigenvalue weighted by atomic mass is 35.5. The van der Waals surface area contributed by atoms with E-state index in [1.165, 1.54) is 22.5 Å². The van der Waals surface area contributed by atoms with E-state index in [9.17, 15) is 13.2 Å². The van der Waals surface area contributed by atoms with Crippen molar-refractivity contribution in [3.8, 4) is 0 Å². The fraction of sp³-hybridized carbons (Fsp3) is 0.269. The van der Waals surface area contributed by atoms with Crippen LogP contribution < -0.4 is 5.32 Å². The van der Waals surface area contributed by atoms with Crippen molar-refractivity contribution < 1.29 is 13.2 Å². The molecule has 0 unspecified atom stereocenters. The van der Waals surface area contributed by atoms with E-state index in [-0.39, 0.29) is 15.5 Å². The van der Waals surface area contributed by atoms with Gasteiger partial charge in [0.1, 0.15) is 0 Å². The molecule has 1 aliphatic heterocycles. The van der Waals surface area contributed by atoms with Gasteiger partial charge < -0.3 is 5.32 Å². The maximum atomic E-state index is 13.3. The maximum absolute atomic E-state index is 13.3. The van der Waals surface area contributed by atoms with E-state index >= 15 is 0 Å². The predicted octanol–water partition coefficient (Wildman–Crippen LogP) is 5.28. The highest BCUT2D eigenvalue weighted by Crippen LogP contribution is 2.28. The largest absolute Gasteiger partial charge is 0.341 e. The van der Waals surface area contributed by atoms with Crippen LogP contribution in [0.25, 0.3) is 0 Å². The van der Waals surface area contributed by atoms with Crippen LogP contribution >= 0.6 is 11.6 Å². The normalized spacial score (nSPS) is 15.5. The lowest BCUT2D eigenvalue weighted by atomic mass is 9.98. The van der Waals surface area contributed by atoms with Gasteiger partial charge in [-0.3, -0.25) is 4.79 Å². The van der Waals surface area contributed by atoms with Crippen LogP contribution in [0.3, 0.4) is 0 Å². The molecular weight excluding hydrogens is 456 g/mol. The van der Waals surface area contributed by atoms with E-state index in [1.54, 1.807) is 0 Å². The Hall–Kier alpha value is -2.67. The van der Waals surface area contributed by atoms with Gasteiger partial charge in [-0.05, 0) is 48.1 Å². The fourth-order valence-electron chi connectivity index (χ4n) is 4.07. The van der Waals surface area contributed by atoms with Crippen LogP contribution in [0.1, 0.15) is 47.3 Å². The van der Waals surface area contributed by atoms with Crippen LogP contribution in [0.2, 0.25) is 5.02 Å². The number of nitrogens with one attached hydrogen (secondary N) is 1. The molecule has 7 heteroatoms. The van der Waals surface area contributed by atoms with Gasteiger partial charge >= 0.3 is 0 Å². The summed E-state index contributed by atoms with van der Waals surface area (Å²) >= 11 is 6.35. The van der Waals surface area contributed by atoms with Crippen LogP contribution in [-0.2, 0) is 10.0 Å². The first kappa shape index (κ1) is 23.5. The van der Waals surface area contributed by atoms with Crippen molar-refractivity contribution in [2.45, 2.75) is 30.7 Å². The molecule has 3 aromatic rings. The Morgan fingerprint density at radius 1 is 0.939 bits per heavy atom. The van der Waals surface area contributed by atoms with Crippen LogP contribution in [0, 0.1) is 5.92 Å². The Morgan fingerprint density at radius 2 is 1.48 bits per heavy atom. The summed E-state index contributed by atoms with van der Waals surface area (Å²) < 4.78 is 27.9. The Bertz CT molecular complexity index is 1170. The SMILES string of the molecule is CC1CCN(S(=O)(=O)c2ccc(Cl)c(C(=O)NC(c3ccccc3)c3ccccc3)c2)CC1. The molecule has 1 amide bonds. The van der Waals surface area contributed by atoms with E-state index < -0.39 is 22.0 Å². The van der Waals surface area contributed by atoms with Crippen molar-refractivity contribution in [2.24, 2.45) is 5.92 Å². The second-order valence-electron chi connectivity index (χ2n) is 8.46. The molecule has 3 aromatic carbocycles. The van der Waals surface area contributed by atoms with Crippen LogP contribution in [0.15, 0.2) is 83.8 Å². The molecule has 0 bridgehead atoms. The van der Waals surface area contributed by atoms with E-state index in [2.05, 4.69) is 12.2 Å². The molecule has 1 N–H and O–H groups in total. The Morgan fingerprint density at radius 3 is 2.03 bits per heavy atom. The third-order valence-corrected chi connectivity index (χ3v) is 8.33. The van der Waals surface area contributed by atoms with Crippen molar-refractivity contribution in [3.05, 3.63) is 101 Å². The summed E-state index contributed by atoms with van der Waals surface area (Å²) in [6.45, 7) is 3.10. The van der Waals surface area contributed by atoms with E-state index in [0.29, 0.717) is 19.0 Å². The zero-order valence-electron chi connectivity index (χ0n) is 18.4. The molecule has 0 radical (unpaired) electrons. The number of carbonyl (C=O) groups is 1. The molecule has 0 spiro atoms. The number of sulfonamides is 1. The highest BCUT2D eigenvalue weighted by molar-refractivity contribution is 7.89. The van der Waals surface area contributed by atoms with Gasteiger partial charge in [0, 0.05) is 13.1 Å². The van der Waals surface area contributed by atoms with Gasteiger partial charge in [-0.15, -0.1) is 0 Å². The molecule has 0 atom stereocenters. The molecule has 4 rings (SSSR count). The molecule has 5 nitrogen and oxygen atoms in total. The lowest BCUT2D eigenvalue weighted by molar-refractivity contribution is 0.0943. The monoisotopic (exact) mass is 482 g/mol. The number of benzene rings is 3. The first-order valence-electron chi connectivity index (χ1n) is 11.1. The number of amides is 1. The van der Waals surface area contributed by atoms with Crippen LogP contribution in [0.5, 0.6) is 0 Å². The van der Waals surface area contributed by atoms with Crippen molar-refractivity contribution in [1.82, 2.24) is 9.62 Å². The van der Waals surface area contributed by atoms with Crippen LogP contribution in [-0.4, -0.2) is 31.7 Å². The van der Waals surface area contributed by atoms with Crippen molar-refractivity contribution in [1.29, 1.82) is 0 Å². The van der Waals surface area contributed by atoms with Gasteiger partial charge in [0.25, 0.3) is 5.91 Å². The maximum Gasteiger partial charge on any atom is 0.253 e. The number of piperidine rings is 1. The summed E-state index contributed by atoms with van der Waals surface area (Å²) in [5.41, 5.74) is 1.97. The van der Waals surface area contributed by atoms with Crippen molar-refractivity contribution in [3.63, 3.8) is 0 Å². The van der Waals surface area contributed by atoms with Gasteiger partial charge in [-0.1, -0.05) is 79.2 Å². The summed E-state index contributed by atoms with van der Waals surface area (Å²) in [7, 11) is -3.70. The lowest BCUT2D eigenvalue weighted by Gasteiger charge is -2.29. The molecule has 0 saturated carbocycles. The van der Waals surface area contributed by atoms with Crippen molar-refractivity contribution in [2.75, 3.05) is 13.1 Å². The zero-order chi connectivity index (χ0) is 23.4. The summed E-state index contributed by atoms with van der Waals surface area (Å²) in [6.07, 6.45) is 1.66. The molecule has 0 aliphatic carbocycles. The van der Waals surface area contributed by atoms with Gasteiger partial charge in [0.15, 0.2) is 0 Å². The summed E-state index contributed by atoms with van der Waals surface area (Å²) in [5.74, 6) is 0.0814. The van der Waals surface area contributed by atoms with Gasteiger partial charge in [-0.25, -0.2) is 8.42 Å². The molecule has 1 heterocycles. The van der Waals surface area contributed by atoms with E-state index in [0.717, 1.165) is 24.0 Å². The highest BCUT2D eigenvalue weighted by Gasteiger charge is 2.29. The molecule has 1 saturated heterocycles. The quantitative estimate of drug-likeness (QED) is 0.519. The minimum Gasteiger partial charge on any atom is -0.341 e. The third kappa shape index (κ3) is 5.29. The van der Waals surface area contributed by atoms with E-state index in [1.807, 2.05) is 60.7 Å². The van der Waals surface area contributed by atoms with Gasteiger partial charge in [0.2, 0.25) is 10.0 Å². The molecule has 1 fully saturated rings. The van der Waals surface area contributed by atoms with Gasteiger partial charge in [-0.2, -0.15) is 4.31 Å². The second kappa shape index (κ2) is 10.1. The second-order valence-corrected chi connectivity index (χ2v) is 10.8. The predicted molar refractivity (Wildman–Crippen MR) is 131 cm³/mol. The average Bonchev–Trinajstić information content (AvgIpc) is 2.84. The van der Waals surface area contributed by atoms with Crippen LogP contribution in [0.4, 0.5) is 0 Å².